The van der Waals surface area contributed by atoms with Crippen LogP contribution in [0.3, 0.4) is 0 Å². The Morgan fingerprint density at radius 3 is 2.74 bits per heavy atom. The Hall–Kier alpha value is -1.74. The molecule has 0 saturated carbocycles. The fraction of sp³-hybridized carbons (Fsp3) is 0.375. The maximum atomic E-state index is 10.1. The van der Waals surface area contributed by atoms with Gasteiger partial charge < -0.3 is 9.53 Å². The molecule has 3 heteroatoms. The van der Waals surface area contributed by atoms with Gasteiger partial charge in [0.2, 0.25) is 0 Å². The van der Waals surface area contributed by atoms with Gasteiger partial charge in [-0.1, -0.05) is 24.3 Å². The molecule has 19 heavy (non-hydrogen) atoms. The number of nitrogens with zero attached hydrogens (tertiary/aromatic N) is 1. The van der Waals surface area contributed by atoms with E-state index in [4.69, 9.17) is 4.74 Å². The van der Waals surface area contributed by atoms with Crippen LogP contribution in [0.25, 0.3) is 6.08 Å². The third kappa shape index (κ3) is 4.45. The van der Waals surface area contributed by atoms with Crippen LogP contribution in [0.4, 0.5) is 0 Å². The SMILES string of the molecule is C1=Cc2ccccc2CC=N1.O=CC1CCOCC1. The second kappa shape index (κ2) is 7.64. The molecule has 0 aliphatic carbocycles. The first-order valence-electron chi connectivity index (χ1n) is 6.69. The van der Waals surface area contributed by atoms with Crippen molar-refractivity contribution in [1.29, 1.82) is 0 Å². The van der Waals surface area contributed by atoms with Crippen LogP contribution in [0.5, 0.6) is 0 Å². The first-order chi connectivity index (χ1) is 9.40. The van der Waals surface area contributed by atoms with Crippen LogP contribution in [0.2, 0.25) is 0 Å². The van der Waals surface area contributed by atoms with Gasteiger partial charge in [-0.25, -0.2) is 0 Å². The fourth-order valence-corrected chi connectivity index (χ4v) is 2.07. The highest BCUT2D eigenvalue weighted by molar-refractivity contribution is 5.69. The summed E-state index contributed by atoms with van der Waals surface area (Å²) in [6, 6.07) is 8.36. The minimum absolute atomic E-state index is 0.281. The Bertz CT molecular complexity index is 460. The lowest BCUT2D eigenvalue weighted by atomic mass is 10.0. The number of benzene rings is 1. The lowest BCUT2D eigenvalue weighted by Crippen LogP contribution is -2.16. The molecule has 100 valence electrons. The number of fused-ring (bicyclic) bond motifs is 1. The van der Waals surface area contributed by atoms with Crippen molar-refractivity contribution >= 4 is 18.6 Å². The number of rotatable bonds is 1. The van der Waals surface area contributed by atoms with E-state index in [2.05, 4.69) is 29.3 Å². The van der Waals surface area contributed by atoms with Crippen LogP contribution >= 0.6 is 0 Å². The monoisotopic (exact) mass is 257 g/mol. The van der Waals surface area contributed by atoms with Gasteiger partial charge in [0.05, 0.1) is 0 Å². The van der Waals surface area contributed by atoms with E-state index in [1.54, 1.807) is 0 Å². The Balaban J connectivity index is 0.000000148. The molecular weight excluding hydrogens is 238 g/mol. The zero-order chi connectivity index (χ0) is 13.3. The molecule has 0 radical (unpaired) electrons. The van der Waals surface area contributed by atoms with Crippen molar-refractivity contribution < 1.29 is 9.53 Å². The van der Waals surface area contributed by atoms with Gasteiger partial charge in [0, 0.05) is 38.0 Å². The largest absolute Gasteiger partial charge is 0.381 e. The van der Waals surface area contributed by atoms with Crippen LogP contribution in [0, 0.1) is 5.92 Å². The van der Waals surface area contributed by atoms with Gasteiger partial charge in [-0.3, -0.25) is 4.99 Å². The van der Waals surface area contributed by atoms with Crippen molar-refractivity contribution in [3.05, 3.63) is 41.6 Å². The minimum atomic E-state index is 0.281. The van der Waals surface area contributed by atoms with Crippen molar-refractivity contribution in [2.45, 2.75) is 19.3 Å². The van der Waals surface area contributed by atoms with Gasteiger partial charge in [0.25, 0.3) is 0 Å². The van der Waals surface area contributed by atoms with Crippen molar-refractivity contribution in [1.82, 2.24) is 0 Å². The van der Waals surface area contributed by atoms with Crippen molar-refractivity contribution in [2.24, 2.45) is 10.9 Å². The topological polar surface area (TPSA) is 38.7 Å². The van der Waals surface area contributed by atoms with Crippen LogP contribution in [0.1, 0.15) is 24.0 Å². The third-order valence-corrected chi connectivity index (χ3v) is 3.27. The highest BCUT2D eigenvalue weighted by Crippen LogP contribution is 2.12. The number of aldehydes is 1. The maximum Gasteiger partial charge on any atom is 0.123 e. The first kappa shape index (κ1) is 13.7. The quantitative estimate of drug-likeness (QED) is 0.726. The summed E-state index contributed by atoms with van der Waals surface area (Å²) >= 11 is 0. The van der Waals surface area contributed by atoms with Crippen LogP contribution < -0.4 is 0 Å². The molecule has 1 aromatic carbocycles. The number of aliphatic imine (C=N–C) groups is 1. The van der Waals surface area contributed by atoms with Gasteiger partial charge in [-0.15, -0.1) is 0 Å². The molecule has 0 spiro atoms. The average Bonchev–Trinajstić information content (AvgIpc) is 2.74. The number of carbonyl (C=O) groups excluding carboxylic acids is 1. The molecule has 0 unspecified atom stereocenters. The molecule has 2 heterocycles. The van der Waals surface area contributed by atoms with Crippen molar-refractivity contribution in [3.8, 4) is 0 Å². The molecule has 3 rings (SSSR count). The highest BCUT2D eigenvalue weighted by Gasteiger charge is 2.10. The summed E-state index contributed by atoms with van der Waals surface area (Å²) in [5.74, 6) is 0.281. The molecule has 2 aliphatic heterocycles. The van der Waals surface area contributed by atoms with Gasteiger partial charge in [-0.05, 0) is 30.0 Å². The standard InChI is InChI=1S/C10H9N.C6H10O2/c1-2-4-10-6-8-11-7-5-9(10)3-1;7-5-6-1-3-8-4-2-6/h1-5,7-8H,6H2;5-6H,1-4H2. The van der Waals surface area contributed by atoms with E-state index in [0.717, 1.165) is 38.8 Å². The molecule has 0 bridgehead atoms. The Kier molecular flexibility index (Phi) is 5.50. The average molecular weight is 257 g/mol. The zero-order valence-corrected chi connectivity index (χ0v) is 11.0. The molecule has 0 atom stereocenters. The lowest BCUT2D eigenvalue weighted by Gasteiger charge is -2.15. The molecule has 1 saturated heterocycles. The summed E-state index contributed by atoms with van der Waals surface area (Å²) < 4.78 is 5.04. The predicted molar refractivity (Wildman–Crippen MR) is 77.3 cm³/mol. The van der Waals surface area contributed by atoms with Crippen LogP contribution in [-0.4, -0.2) is 25.7 Å². The van der Waals surface area contributed by atoms with E-state index in [-0.39, 0.29) is 5.92 Å². The summed E-state index contributed by atoms with van der Waals surface area (Å²) in [5.41, 5.74) is 2.63. The van der Waals surface area contributed by atoms with Gasteiger partial charge in [0.1, 0.15) is 6.29 Å². The molecule has 1 fully saturated rings. The summed E-state index contributed by atoms with van der Waals surface area (Å²) in [4.78, 5) is 14.2. The van der Waals surface area contributed by atoms with E-state index in [1.807, 2.05) is 18.5 Å². The molecule has 3 nitrogen and oxygen atoms in total. The van der Waals surface area contributed by atoms with E-state index < -0.39 is 0 Å². The van der Waals surface area contributed by atoms with E-state index in [0.29, 0.717) is 0 Å². The second-order valence-corrected chi connectivity index (χ2v) is 4.64. The lowest BCUT2D eigenvalue weighted by molar-refractivity contribution is -0.113. The van der Waals surface area contributed by atoms with Gasteiger partial charge >= 0.3 is 0 Å². The van der Waals surface area contributed by atoms with Crippen molar-refractivity contribution in [3.63, 3.8) is 0 Å². The Labute approximate surface area is 114 Å². The van der Waals surface area contributed by atoms with Gasteiger partial charge in [-0.2, -0.15) is 0 Å². The number of hydrogen-bond donors (Lipinski definition) is 0. The molecular formula is C16H19NO2. The molecule has 0 N–H and O–H groups in total. The molecule has 2 aliphatic rings. The summed E-state index contributed by atoms with van der Waals surface area (Å²) in [6.45, 7) is 1.53. The first-order valence-corrected chi connectivity index (χ1v) is 6.69. The smallest absolute Gasteiger partial charge is 0.123 e. The van der Waals surface area contributed by atoms with Gasteiger partial charge in [0.15, 0.2) is 0 Å². The van der Waals surface area contributed by atoms with Crippen LogP contribution in [-0.2, 0) is 16.0 Å². The Morgan fingerprint density at radius 2 is 2.00 bits per heavy atom. The van der Waals surface area contributed by atoms with E-state index in [9.17, 15) is 4.79 Å². The second-order valence-electron chi connectivity index (χ2n) is 4.64. The minimum Gasteiger partial charge on any atom is -0.381 e. The fourth-order valence-electron chi connectivity index (χ4n) is 2.07. The number of hydrogen-bond acceptors (Lipinski definition) is 3. The zero-order valence-electron chi connectivity index (χ0n) is 11.0. The summed E-state index contributed by atoms with van der Waals surface area (Å²) in [5, 5.41) is 0. The molecule has 0 amide bonds. The number of carbonyl (C=O) groups is 1. The summed E-state index contributed by atoms with van der Waals surface area (Å²) in [6.07, 6.45) is 9.63. The number of ether oxygens (including phenoxy) is 1. The van der Waals surface area contributed by atoms with Crippen molar-refractivity contribution in [2.75, 3.05) is 13.2 Å². The maximum absolute atomic E-state index is 10.1. The van der Waals surface area contributed by atoms with E-state index >= 15 is 0 Å². The molecule has 1 aromatic rings. The highest BCUT2D eigenvalue weighted by atomic mass is 16.5. The Morgan fingerprint density at radius 1 is 1.21 bits per heavy atom. The normalized spacial score (nSPS) is 17.9. The summed E-state index contributed by atoms with van der Waals surface area (Å²) in [7, 11) is 0. The predicted octanol–water partition coefficient (Wildman–Crippen LogP) is 2.90. The van der Waals surface area contributed by atoms with E-state index in [1.165, 1.54) is 11.1 Å². The third-order valence-electron chi connectivity index (χ3n) is 3.27. The van der Waals surface area contributed by atoms with Crippen LogP contribution in [0.15, 0.2) is 35.5 Å². The molecule has 0 aromatic heterocycles.